The van der Waals surface area contributed by atoms with Gasteiger partial charge in [-0.25, -0.2) is 0 Å². The van der Waals surface area contributed by atoms with E-state index >= 15 is 0 Å². The summed E-state index contributed by atoms with van der Waals surface area (Å²) in [5.41, 5.74) is 1.83. The maximum Gasteiger partial charge on any atom is 0.229 e. The molecule has 1 aliphatic heterocycles. The van der Waals surface area contributed by atoms with Crippen molar-refractivity contribution in [2.45, 2.75) is 43.0 Å². The molecule has 0 aromatic heterocycles. The van der Waals surface area contributed by atoms with Crippen LogP contribution in [0.25, 0.3) is 6.08 Å². The molecule has 3 rings (SSSR count). The molecule has 0 aliphatic carbocycles. The minimum absolute atomic E-state index is 0.0313. The first-order valence-corrected chi connectivity index (χ1v) is 11.7. The molecule has 11 nitrogen and oxygen atoms in total. The van der Waals surface area contributed by atoms with Crippen LogP contribution in [-0.4, -0.2) is 100 Å². The van der Waals surface area contributed by atoms with Crippen molar-refractivity contribution in [3.05, 3.63) is 53.1 Å². The second-order valence-electron chi connectivity index (χ2n) is 8.63. The van der Waals surface area contributed by atoms with Gasteiger partial charge in [0.15, 0.2) is 23.0 Å². The molecule has 0 radical (unpaired) electrons. The third kappa shape index (κ3) is 6.51. The third-order valence-corrected chi connectivity index (χ3v) is 6.21. The Morgan fingerprint density at radius 1 is 0.946 bits per heavy atom. The van der Waals surface area contributed by atoms with Crippen LogP contribution in [0.2, 0.25) is 0 Å². The van der Waals surface area contributed by atoms with Crippen molar-refractivity contribution in [2.75, 3.05) is 34.0 Å². The topological polar surface area (TPSA) is 179 Å². The number of ether oxygens (including phenoxy) is 4. The summed E-state index contributed by atoms with van der Waals surface area (Å²) in [6, 6.07) is 8.14. The average molecular weight is 523 g/mol. The number of aromatic hydroxyl groups is 1. The molecule has 0 amide bonds. The maximum absolute atomic E-state index is 10.5. The van der Waals surface area contributed by atoms with Gasteiger partial charge in [0.05, 0.1) is 34.0 Å². The standard InChI is InChI=1S/C26H34O11/c1-34-19-10-15(5-6-18(19)30)8-16(12-28)17-9-14(4-3-7-27)11-20(35-2)25(17)37-26-24(33)23(32)22(31)21(13-29)36-26/h3-6,9-11,16,21-24,26-33H,7-8,12-13H2,1-2H3/t16-,21+,22+,23-,24+,26?/m0/s1. The van der Waals surface area contributed by atoms with E-state index in [0.29, 0.717) is 11.1 Å². The molecule has 6 atom stereocenters. The molecule has 2 aromatic rings. The Hall–Kier alpha value is -2.90. The molecule has 2 aromatic carbocycles. The third-order valence-electron chi connectivity index (χ3n) is 6.21. The summed E-state index contributed by atoms with van der Waals surface area (Å²) < 4.78 is 22.2. The molecule has 1 fully saturated rings. The summed E-state index contributed by atoms with van der Waals surface area (Å²) in [5.74, 6) is -0.0162. The molecular weight excluding hydrogens is 488 g/mol. The lowest BCUT2D eigenvalue weighted by molar-refractivity contribution is -0.277. The molecule has 1 unspecified atom stereocenters. The zero-order valence-corrected chi connectivity index (χ0v) is 20.6. The lowest BCUT2D eigenvalue weighted by Crippen LogP contribution is -2.60. The molecule has 1 saturated heterocycles. The van der Waals surface area contributed by atoms with E-state index in [9.17, 15) is 35.7 Å². The molecule has 37 heavy (non-hydrogen) atoms. The van der Waals surface area contributed by atoms with Gasteiger partial charge in [-0.05, 0) is 41.8 Å². The number of rotatable bonds is 11. The second-order valence-corrected chi connectivity index (χ2v) is 8.63. The highest BCUT2D eigenvalue weighted by Gasteiger charge is 2.45. The van der Waals surface area contributed by atoms with Gasteiger partial charge in [-0.2, -0.15) is 0 Å². The summed E-state index contributed by atoms with van der Waals surface area (Å²) >= 11 is 0. The Labute approximate surface area is 214 Å². The Morgan fingerprint density at radius 3 is 2.30 bits per heavy atom. The average Bonchev–Trinajstić information content (AvgIpc) is 2.91. The number of hydrogen-bond donors (Lipinski definition) is 7. The molecule has 1 heterocycles. The maximum atomic E-state index is 10.5. The zero-order chi connectivity index (χ0) is 27.1. The van der Waals surface area contributed by atoms with Crippen LogP contribution in [0.3, 0.4) is 0 Å². The lowest BCUT2D eigenvalue weighted by Gasteiger charge is -2.40. The molecule has 204 valence electrons. The summed E-state index contributed by atoms with van der Waals surface area (Å²) in [6.07, 6.45) is -4.04. The van der Waals surface area contributed by atoms with Gasteiger partial charge in [0.1, 0.15) is 24.4 Å². The van der Waals surface area contributed by atoms with Crippen LogP contribution < -0.4 is 14.2 Å². The number of methoxy groups -OCH3 is 2. The van der Waals surface area contributed by atoms with Crippen LogP contribution >= 0.6 is 0 Å². The highest BCUT2D eigenvalue weighted by molar-refractivity contribution is 5.60. The predicted molar refractivity (Wildman–Crippen MR) is 132 cm³/mol. The van der Waals surface area contributed by atoms with Gasteiger partial charge in [-0.1, -0.05) is 18.2 Å². The van der Waals surface area contributed by atoms with E-state index in [2.05, 4.69) is 0 Å². The van der Waals surface area contributed by atoms with E-state index < -0.39 is 43.2 Å². The second kappa shape index (κ2) is 13.1. The van der Waals surface area contributed by atoms with E-state index in [-0.39, 0.29) is 42.6 Å². The van der Waals surface area contributed by atoms with Gasteiger partial charge in [-0.3, -0.25) is 0 Å². The molecular formula is C26H34O11. The number of hydrogen-bond acceptors (Lipinski definition) is 11. The summed E-state index contributed by atoms with van der Waals surface area (Å²) in [7, 11) is 2.83. The fourth-order valence-corrected chi connectivity index (χ4v) is 4.20. The van der Waals surface area contributed by atoms with E-state index in [4.69, 9.17) is 18.9 Å². The van der Waals surface area contributed by atoms with Crippen LogP contribution in [0.15, 0.2) is 36.4 Å². The fraction of sp³-hybridized carbons (Fsp3) is 0.462. The van der Waals surface area contributed by atoms with Crippen LogP contribution in [0.1, 0.15) is 22.6 Å². The summed E-state index contributed by atoms with van der Waals surface area (Å²) in [4.78, 5) is 0. The fourth-order valence-electron chi connectivity index (χ4n) is 4.20. The number of phenols is 1. The number of aliphatic hydroxyl groups excluding tert-OH is 6. The van der Waals surface area contributed by atoms with Crippen LogP contribution in [0.4, 0.5) is 0 Å². The van der Waals surface area contributed by atoms with E-state index in [1.807, 2.05) is 0 Å². The molecule has 0 bridgehead atoms. The van der Waals surface area contributed by atoms with E-state index in [1.165, 1.54) is 26.4 Å². The van der Waals surface area contributed by atoms with E-state index in [1.54, 1.807) is 30.3 Å². The number of aliphatic hydroxyl groups is 6. The highest BCUT2D eigenvalue weighted by Crippen LogP contribution is 2.41. The normalized spacial score (nSPS) is 24.7. The lowest BCUT2D eigenvalue weighted by atomic mass is 9.90. The predicted octanol–water partition coefficient (Wildman–Crippen LogP) is -0.0878. The van der Waals surface area contributed by atoms with Crippen molar-refractivity contribution in [1.29, 1.82) is 0 Å². The summed E-state index contributed by atoms with van der Waals surface area (Å²) in [6.45, 7) is -1.15. The number of phenolic OH excluding ortho intramolecular Hbond substituents is 1. The van der Waals surface area contributed by atoms with Crippen molar-refractivity contribution >= 4 is 6.08 Å². The van der Waals surface area contributed by atoms with Gasteiger partial charge in [0.25, 0.3) is 0 Å². The molecule has 11 heteroatoms. The van der Waals surface area contributed by atoms with Gasteiger partial charge in [0.2, 0.25) is 6.29 Å². The quantitative estimate of drug-likeness (QED) is 0.210. The molecule has 7 N–H and O–H groups in total. The van der Waals surface area contributed by atoms with Crippen LogP contribution in [0, 0.1) is 0 Å². The molecule has 1 aliphatic rings. The Bertz CT molecular complexity index is 1060. The monoisotopic (exact) mass is 522 g/mol. The first kappa shape index (κ1) is 28.7. The molecule has 0 spiro atoms. The SMILES string of the molecule is COc1cc(C[C@@H](CO)c2cc(C=CCO)cc(OC)c2OC2O[C@H](CO)[C@@H](O)[C@H](O)[C@H]2O)ccc1O. The van der Waals surface area contributed by atoms with Gasteiger partial charge in [-0.15, -0.1) is 0 Å². The minimum atomic E-state index is -1.65. The first-order chi connectivity index (χ1) is 17.8. The van der Waals surface area contributed by atoms with Crippen LogP contribution in [-0.2, 0) is 11.2 Å². The van der Waals surface area contributed by atoms with E-state index in [0.717, 1.165) is 5.56 Å². The van der Waals surface area contributed by atoms with Crippen molar-refractivity contribution in [1.82, 2.24) is 0 Å². The molecule has 0 saturated carbocycles. The smallest absolute Gasteiger partial charge is 0.229 e. The van der Waals surface area contributed by atoms with Crippen molar-refractivity contribution in [2.24, 2.45) is 0 Å². The van der Waals surface area contributed by atoms with Crippen LogP contribution in [0.5, 0.6) is 23.0 Å². The van der Waals surface area contributed by atoms with Crippen molar-refractivity contribution < 1.29 is 54.7 Å². The summed E-state index contributed by atoms with van der Waals surface area (Å²) in [5, 5.41) is 69.9. The van der Waals surface area contributed by atoms with Gasteiger partial charge in [0, 0.05) is 11.5 Å². The van der Waals surface area contributed by atoms with Crippen molar-refractivity contribution in [3.8, 4) is 23.0 Å². The van der Waals surface area contributed by atoms with Gasteiger partial charge < -0.3 is 54.7 Å². The zero-order valence-electron chi connectivity index (χ0n) is 20.6. The Kier molecular flexibility index (Phi) is 10.1. The van der Waals surface area contributed by atoms with Gasteiger partial charge >= 0.3 is 0 Å². The Balaban J connectivity index is 2.06. The largest absolute Gasteiger partial charge is 0.504 e. The first-order valence-electron chi connectivity index (χ1n) is 11.7. The number of benzene rings is 2. The minimum Gasteiger partial charge on any atom is -0.504 e. The highest BCUT2D eigenvalue weighted by atomic mass is 16.7. The van der Waals surface area contributed by atoms with Crippen molar-refractivity contribution in [3.63, 3.8) is 0 Å². The Morgan fingerprint density at radius 2 is 1.68 bits per heavy atom.